The summed E-state index contributed by atoms with van der Waals surface area (Å²) >= 11 is 0. The Hall–Kier alpha value is -1.39. The topological polar surface area (TPSA) is 49.8 Å². The Labute approximate surface area is 132 Å². The lowest BCUT2D eigenvalue weighted by Crippen LogP contribution is -2.38. The molecule has 0 spiro atoms. The number of carbonyl (C=O) groups is 1. The summed E-state index contributed by atoms with van der Waals surface area (Å²) in [6.07, 6.45) is 4.73. The zero-order chi connectivity index (χ0) is 15.4. The van der Waals surface area contributed by atoms with Crippen LogP contribution in [0.25, 0.3) is 0 Å². The van der Waals surface area contributed by atoms with Gasteiger partial charge in [0, 0.05) is 19.6 Å². The second kappa shape index (κ2) is 6.80. The number of hydrogen-bond acceptors (Lipinski definition) is 3. The van der Waals surface area contributed by atoms with E-state index in [1.807, 2.05) is 12.1 Å². The van der Waals surface area contributed by atoms with Gasteiger partial charge in [-0.25, -0.2) is 0 Å². The van der Waals surface area contributed by atoms with Gasteiger partial charge in [-0.1, -0.05) is 43.5 Å². The number of ether oxygens (including phenoxy) is 1. The minimum absolute atomic E-state index is 0.657. The summed E-state index contributed by atoms with van der Waals surface area (Å²) in [5.41, 5.74) is 1.57. The van der Waals surface area contributed by atoms with E-state index in [1.165, 1.54) is 5.56 Å². The summed E-state index contributed by atoms with van der Waals surface area (Å²) in [4.78, 5) is 14.2. The number of benzene rings is 1. The molecule has 2 aliphatic rings. The number of aliphatic carboxylic acids is 1. The van der Waals surface area contributed by atoms with Gasteiger partial charge < -0.3 is 9.84 Å². The third-order valence-corrected chi connectivity index (χ3v) is 5.13. The average molecular weight is 303 g/mol. The highest BCUT2D eigenvalue weighted by Gasteiger charge is 2.41. The fourth-order valence-electron chi connectivity index (χ4n) is 3.73. The van der Waals surface area contributed by atoms with Crippen molar-refractivity contribution in [2.24, 2.45) is 0 Å². The van der Waals surface area contributed by atoms with Crippen LogP contribution in [0.1, 0.15) is 43.2 Å². The molecule has 22 heavy (non-hydrogen) atoms. The van der Waals surface area contributed by atoms with Crippen LogP contribution < -0.4 is 0 Å². The van der Waals surface area contributed by atoms with E-state index >= 15 is 0 Å². The largest absolute Gasteiger partial charge is 0.481 e. The first-order chi connectivity index (χ1) is 10.7. The van der Waals surface area contributed by atoms with Crippen LogP contribution in [0.15, 0.2) is 24.3 Å². The van der Waals surface area contributed by atoms with Crippen LogP contribution in [0.5, 0.6) is 0 Å². The molecule has 1 aromatic rings. The smallest absolute Gasteiger partial charge is 0.314 e. The quantitative estimate of drug-likeness (QED) is 0.929. The maximum atomic E-state index is 11.9. The fraction of sp³-hybridized carbons (Fsp3) is 0.611. The van der Waals surface area contributed by atoms with Crippen LogP contribution >= 0.6 is 0 Å². The zero-order valence-corrected chi connectivity index (χ0v) is 13.1. The van der Waals surface area contributed by atoms with Crippen LogP contribution in [0.4, 0.5) is 0 Å². The van der Waals surface area contributed by atoms with Gasteiger partial charge in [0.2, 0.25) is 0 Å². The molecule has 2 fully saturated rings. The zero-order valence-electron chi connectivity index (χ0n) is 13.1. The Morgan fingerprint density at radius 2 is 1.73 bits per heavy atom. The summed E-state index contributed by atoms with van der Waals surface area (Å²) in [5.74, 6) is -0.659. The van der Waals surface area contributed by atoms with Crippen molar-refractivity contribution >= 4 is 5.97 Å². The fourth-order valence-corrected chi connectivity index (χ4v) is 3.73. The molecule has 1 saturated heterocycles. The number of nitrogens with zero attached hydrogens (tertiary/aromatic N) is 1. The molecule has 3 rings (SSSR count). The summed E-state index contributed by atoms with van der Waals surface area (Å²) in [5, 5.41) is 9.75. The highest BCUT2D eigenvalue weighted by molar-refractivity contribution is 5.81. The van der Waals surface area contributed by atoms with E-state index in [0.717, 1.165) is 70.5 Å². The summed E-state index contributed by atoms with van der Waals surface area (Å²) in [6, 6.07) is 8.28. The highest BCUT2D eigenvalue weighted by Crippen LogP contribution is 2.39. The van der Waals surface area contributed by atoms with Crippen LogP contribution in [0, 0.1) is 0 Å². The molecule has 1 aromatic carbocycles. The van der Waals surface area contributed by atoms with Crippen LogP contribution in [0.3, 0.4) is 0 Å². The predicted octanol–water partition coefficient (Wildman–Crippen LogP) is 2.81. The second-order valence-electron chi connectivity index (χ2n) is 6.53. The predicted molar refractivity (Wildman–Crippen MR) is 84.9 cm³/mol. The Bertz CT molecular complexity index is 500. The van der Waals surface area contributed by atoms with Gasteiger partial charge in [0.15, 0.2) is 0 Å². The van der Waals surface area contributed by atoms with E-state index in [9.17, 15) is 9.90 Å². The molecule has 1 aliphatic carbocycles. The van der Waals surface area contributed by atoms with Crippen molar-refractivity contribution in [2.45, 2.75) is 44.1 Å². The van der Waals surface area contributed by atoms with Crippen molar-refractivity contribution in [1.29, 1.82) is 0 Å². The monoisotopic (exact) mass is 303 g/mol. The SMILES string of the molecule is O=C(O)C1(c2ccc(CN3CCOCC3)cc2)CCCCC1. The molecule has 1 heterocycles. The van der Waals surface area contributed by atoms with E-state index in [0.29, 0.717) is 0 Å². The summed E-state index contributed by atoms with van der Waals surface area (Å²) in [7, 11) is 0. The molecule has 0 aromatic heterocycles. The number of carboxylic acid groups (broad SMARTS) is 1. The maximum Gasteiger partial charge on any atom is 0.314 e. The molecule has 4 heteroatoms. The number of rotatable bonds is 4. The summed E-state index contributed by atoms with van der Waals surface area (Å²) in [6.45, 7) is 4.48. The van der Waals surface area contributed by atoms with Crippen LogP contribution in [0.2, 0.25) is 0 Å². The standard InChI is InChI=1S/C18H25NO3/c20-17(21)18(8-2-1-3-9-18)16-6-4-15(5-7-16)14-19-10-12-22-13-11-19/h4-7H,1-3,8-14H2,(H,20,21). The molecule has 1 N–H and O–H groups in total. The Morgan fingerprint density at radius 3 is 2.32 bits per heavy atom. The van der Waals surface area contributed by atoms with Gasteiger partial charge in [-0.05, 0) is 24.0 Å². The van der Waals surface area contributed by atoms with E-state index < -0.39 is 11.4 Å². The van der Waals surface area contributed by atoms with Gasteiger partial charge in [-0.15, -0.1) is 0 Å². The first-order valence-corrected chi connectivity index (χ1v) is 8.34. The van der Waals surface area contributed by atoms with Gasteiger partial charge in [0.05, 0.1) is 18.6 Å². The Kier molecular flexibility index (Phi) is 4.79. The number of morpholine rings is 1. The molecule has 0 atom stereocenters. The molecule has 0 radical (unpaired) electrons. The number of carboxylic acids is 1. The molecular formula is C18H25NO3. The average Bonchev–Trinajstić information content (AvgIpc) is 2.57. The molecule has 120 valence electrons. The van der Waals surface area contributed by atoms with E-state index in [2.05, 4.69) is 17.0 Å². The molecule has 0 bridgehead atoms. The molecule has 1 aliphatic heterocycles. The lowest BCUT2D eigenvalue weighted by Gasteiger charge is -2.34. The minimum Gasteiger partial charge on any atom is -0.481 e. The summed E-state index contributed by atoms with van der Waals surface area (Å²) < 4.78 is 5.37. The van der Waals surface area contributed by atoms with Gasteiger partial charge in [-0.2, -0.15) is 0 Å². The van der Waals surface area contributed by atoms with Gasteiger partial charge in [0.1, 0.15) is 0 Å². The normalized spacial score (nSPS) is 22.4. The van der Waals surface area contributed by atoms with E-state index in [4.69, 9.17) is 4.74 Å². The number of hydrogen-bond donors (Lipinski definition) is 1. The molecular weight excluding hydrogens is 278 g/mol. The first-order valence-electron chi connectivity index (χ1n) is 8.34. The lowest BCUT2D eigenvalue weighted by atomic mass is 9.69. The molecule has 1 saturated carbocycles. The molecule has 0 amide bonds. The third-order valence-electron chi connectivity index (χ3n) is 5.13. The van der Waals surface area contributed by atoms with Crippen molar-refractivity contribution in [3.05, 3.63) is 35.4 Å². The van der Waals surface area contributed by atoms with Crippen LogP contribution in [-0.2, 0) is 21.5 Å². The van der Waals surface area contributed by atoms with E-state index in [1.54, 1.807) is 0 Å². The van der Waals surface area contributed by atoms with Crippen LogP contribution in [-0.4, -0.2) is 42.3 Å². The molecule has 0 unspecified atom stereocenters. The Morgan fingerprint density at radius 1 is 1.09 bits per heavy atom. The van der Waals surface area contributed by atoms with Gasteiger partial charge >= 0.3 is 5.97 Å². The minimum atomic E-state index is -0.659. The van der Waals surface area contributed by atoms with Crippen molar-refractivity contribution in [2.75, 3.05) is 26.3 Å². The van der Waals surface area contributed by atoms with Gasteiger partial charge in [-0.3, -0.25) is 9.69 Å². The second-order valence-corrected chi connectivity index (χ2v) is 6.53. The van der Waals surface area contributed by atoms with Crippen molar-refractivity contribution in [3.8, 4) is 0 Å². The van der Waals surface area contributed by atoms with Crippen molar-refractivity contribution in [3.63, 3.8) is 0 Å². The lowest BCUT2D eigenvalue weighted by molar-refractivity contribution is -0.145. The van der Waals surface area contributed by atoms with E-state index in [-0.39, 0.29) is 0 Å². The van der Waals surface area contributed by atoms with Crippen molar-refractivity contribution in [1.82, 2.24) is 4.90 Å². The van der Waals surface area contributed by atoms with Gasteiger partial charge in [0.25, 0.3) is 0 Å². The third kappa shape index (κ3) is 3.18. The highest BCUT2D eigenvalue weighted by atomic mass is 16.5. The maximum absolute atomic E-state index is 11.9. The molecule has 4 nitrogen and oxygen atoms in total. The first kappa shape index (κ1) is 15.5. The van der Waals surface area contributed by atoms with Crippen molar-refractivity contribution < 1.29 is 14.6 Å². The Balaban J connectivity index is 1.73.